The third-order valence-corrected chi connectivity index (χ3v) is 3.34. The van der Waals surface area contributed by atoms with Crippen LogP contribution in [0.3, 0.4) is 0 Å². The van der Waals surface area contributed by atoms with Crippen molar-refractivity contribution in [2.75, 3.05) is 30.9 Å². The van der Waals surface area contributed by atoms with Crippen LogP contribution in [0.25, 0.3) is 0 Å². The molecular weight excluding hydrogens is 210 g/mol. The summed E-state index contributed by atoms with van der Waals surface area (Å²) in [6.07, 6.45) is 0. The van der Waals surface area contributed by atoms with Crippen molar-refractivity contribution in [1.82, 2.24) is 0 Å². The van der Waals surface area contributed by atoms with Crippen LogP contribution in [0.2, 0.25) is 0 Å². The highest BCUT2D eigenvalue weighted by Gasteiger charge is 2.21. The molecule has 15 heavy (non-hydrogen) atoms. The minimum atomic E-state index is 0.0326. The zero-order valence-electron chi connectivity index (χ0n) is 8.60. The molecule has 2 rings (SSSR count). The summed E-state index contributed by atoms with van der Waals surface area (Å²) in [7, 11) is 1.54. The molecule has 0 spiro atoms. The highest BCUT2D eigenvalue weighted by Crippen LogP contribution is 2.34. The van der Waals surface area contributed by atoms with Gasteiger partial charge in [0.05, 0.1) is 5.69 Å². The molecule has 0 unspecified atom stereocenters. The molecule has 0 bridgehead atoms. The maximum absolute atomic E-state index is 11.8. The van der Waals surface area contributed by atoms with E-state index in [2.05, 4.69) is 0 Å². The lowest BCUT2D eigenvalue weighted by atomic mass is 10.2. The number of hydrogen-bond acceptors (Lipinski definition) is 3. The van der Waals surface area contributed by atoms with Gasteiger partial charge in [-0.1, -0.05) is 12.1 Å². The maximum Gasteiger partial charge on any atom is 0.253 e. The van der Waals surface area contributed by atoms with Crippen molar-refractivity contribution in [3.63, 3.8) is 0 Å². The Morgan fingerprint density at radius 2 is 2.33 bits per heavy atom. The van der Waals surface area contributed by atoms with Gasteiger partial charge >= 0.3 is 0 Å². The van der Waals surface area contributed by atoms with Crippen molar-refractivity contribution in [2.45, 2.75) is 4.90 Å². The maximum atomic E-state index is 11.8. The summed E-state index contributed by atoms with van der Waals surface area (Å²) in [5, 5.41) is 0. The number of hydrogen-bond donors (Lipinski definition) is 0. The van der Waals surface area contributed by atoms with Crippen LogP contribution >= 0.6 is 11.8 Å². The minimum Gasteiger partial charge on any atom is -0.375 e. The van der Waals surface area contributed by atoms with Gasteiger partial charge in [0, 0.05) is 24.3 Å². The highest BCUT2D eigenvalue weighted by atomic mass is 32.2. The molecule has 0 fully saturated rings. The Kier molecular flexibility index (Phi) is 3.28. The van der Waals surface area contributed by atoms with Crippen molar-refractivity contribution in [3.05, 3.63) is 24.3 Å². The molecule has 0 aliphatic carbocycles. The lowest BCUT2D eigenvalue weighted by Gasteiger charge is -2.28. The number of anilines is 1. The predicted octanol–water partition coefficient (Wildman–Crippen LogP) is 1.77. The first-order valence-corrected chi connectivity index (χ1v) is 5.82. The van der Waals surface area contributed by atoms with Gasteiger partial charge in [-0.3, -0.25) is 4.79 Å². The number of para-hydroxylation sites is 1. The fourth-order valence-electron chi connectivity index (χ4n) is 1.63. The van der Waals surface area contributed by atoms with Gasteiger partial charge in [0.25, 0.3) is 5.91 Å². The lowest BCUT2D eigenvalue weighted by Crippen LogP contribution is -2.37. The summed E-state index contributed by atoms with van der Waals surface area (Å²) in [6.45, 7) is 0.920. The van der Waals surface area contributed by atoms with Gasteiger partial charge in [-0.2, -0.15) is 0 Å². The first kappa shape index (κ1) is 10.5. The molecule has 1 aliphatic rings. The number of methoxy groups -OCH3 is 1. The van der Waals surface area contributed by atoms with Crippen LogP contribution in [-0.2, 0) is 9.53 Å². The normalized spacial score (nSPS) is 14.9. The van der Waals surface area contributed by atoms with Crippen LogP contribution in [0.5, 0.6) is 0 Å². The smallest absolute Gasteiger partial charge is 0.253 e. The van der Waals surface area contributed by atoms with Crippen LogP contribution < -0.4 is 4.90 Å². The van der Waals surface area contributed by atoms with E-state index < -0.39 is 0 Å². The number of amides is 1. The Balaban J connectivity index is 2.25. The van der Waals surface area contributed by atoms with Crippen molar-refractivity contribution in [1.29, 1.82) is 0 Å². The Morgan fingerprint density at radius 1 is 1.53 bits per heavy atom. The third-order valence-electron chi connectivity index (χ3n) is 2.30. The highest BCUT2D eigenvalue weighted by molar-refractivity contribution is 7.99. The number of ether oxygens (including phenoxy) is 1. The second-order valence-corrected chi connectivity index (χ2v) is 4.43. The van der Waals surface area contributed by atoms with Crippen molar-refractivity contribution in [3.8, 4) is 0 Å². The predicted molar refractivity (Wildman–Crippen MR) is 61.4 cm³/mol. The van der Waals surface area contributed by atoms with E-state index in [0.29, 0.717) is 0 Å². The van der Waals surface area contributed by atoms with Gasteiger partial charge < -0.3 is 9.64 Å². The largest absolute Gasteiger partial charge is 0.375 e. The zero-order chi connectivity index (χ0) is 10.7. The molecule has 4 heteroatoms. The molecule has 0 aromatic heterocycles. The fourth-order valence-corrected chi connectivity index (χ4v) is 2.62. The number of thioether (sulfide) groups is 1. The first-order valence-electron chi connectivity index (χ1n) is 4.84. The third kappa shape index (κ3) is 2.16. The molecule has 1 aliphatic heterocycles. The summed E-state index contributed by atoms with van der Waals surface area (Å²) >= 11 is 1.79. The van der Waals surface area contributed by atoms with Crippen LogP contribution in [-0.4, -0.2) is 31.9 Å². The van der Waals surface area contributed by atoms with Gasteiger partial charge in [-0.25, -0.2) is 0 Å². The fraction of sp³-hybridized carbons (Fsp3) is 0.364. The van der Waals surface area contributed by atoms with Crippen molar-refractivity contribution < 1.29 is 9.53 Å². The topological polar surface area (TPSA) is 29.5 Å². The summed E-state index contributed by atoms with van der Waals surface area (Å²) in [6, 6.07) is 7.98. The monoisotopic (exact) mass is 223 g/mol. The number of nitrogens with zero attached hydrogens (tertiary/aromatic N) is 1. The molecule has 1 aromatic rings. The van der Waals surface area contributed by atoms with E-state index in [-0.39, 0.29) is 12.5 Å². The second kappa shape index (κ2) is 4.68. The Morgan fingerprint density at radius 3 is 3.13 bits per heavy atom. The van der Waals surface area contributed by atoms with Crippen LogP contribution in [0.15, 0.2) is 29.2 Å². The van der Waals surface area contributed by atoms with Crippen LogP contribution in [0.1, 0.15) is 0 Å². The van der Waals surface area contributed by atoms with Crippen molar-refractivity contribution in [2.24, 2.45) is 0 Å². The number of rotatable bonds is 2. The average molecular weight is 223 g/mol. The Bertz CT molecular complexity index is 367. The van der Waals surface area contributed by atoms with E-state index in [0.717, 1.165) is 18.0 Å². The van der Waals surface area contributed by atoms with E-state index in [1.165, 1.54) is 4.90 Å². The van der Waals surface area contributed by atoms with E-state index in [1.807, 2.05) is 24.3 Å². The van der Waals surface area contributed by atoms with Gasteiger partial charge in [0.1, 0.15) is 6.61 Å². The van der Waals surface area contributed by atoms with Gasteiger partial charge in [0.15, 0.2) is 0 Å². The molecule has 0 saturated carbocycles. The standard InChI is InChI=1S/C11H13NO2S/c1-14-8-11(13)12-6-7-15-10-5-3-2-4-9(10)12/h2-5H,6-8H2,1H3. The van der Waals surface area contributed by atoms with E-state index >= 15 is 0 Å². The first-order chi connectivity index (χ1) is 7.33. The molecular formula is C11H13NO2S. The molecule has 1 aromatic carbocycles. The summed E-state index contributed by atoms with van der Waals surface area (Å²) in [5.41, 5.74) is 1.01. The number of carbonyl (C=O) groups excluding carboxylic acids is 1. The van der Waals surface area contributed by atoms with Gasteiger partial charge in [0.2, 0.25) is 0 Å². The molecule has 3 nitrogen and oxygen atoms in total. The lowest BCUT2D eigenvalue weighted by molar-refractivity contribution is -0.122. The van der Waals surface area contributed by atoms with Crippen LogP contribution in [0, 0.1) is 0 Å². The number of carbonyl (C=O) groups is 1. The molecule has 80 valence electrons. The Labute approximate surface area is 93.4 Å². The molecule has 1 heterocycles. The van der Waals surface area contributed by atoms with E-state index in [9.17, 15) is 4.79 Å². The van der Waals surface area contributed by atoms with Gasteiger partial charge in [-0.15, -0.1) is 11.8 Å². The minimum absolute atomic E-state index is 0.0326. The van der Waals surface area contributed by atoms with E-state index in [4.69, 9.17) is 4.74 Å². The molecule has 0 saturated heterocycles. The number of fused-ring (bicyclic) bond motifs is 1. The van der Waals surface area contributed by atoms with E-state index in [1.54, 1.807) is 23.8 Å². The molecule has 1 amide bonds. The SMILES string of the molecule is COCC(=O)N1CCSc2ccccc21. The van der Waals surface area contributed by atoms with Gasteiger partial charge in [-0.05, 0) is 12.1 Å². The molecule has 0 atom stereocenters. The summed E-state index contributed by atoms with van der Waals surface area (Å²) in [5.74, 6) is 0.983. The number of benzene rings is 1. The van der Waals surface area contributed by atoms with Crippen LogP contribution in [0.4, 0.5) is 5.69 Å². The molecule has 0 radical (unpaired) electrons. The molecule has 0 N–H and O–H groups in total. The second-order valence-electron chi connectivity index (χ2n) is 3.29. The summed E-state index contributed by atoms with van der Waals surface area (Å²) in [4.78, 5) is 14.7. The zero-order valence-corrected chi connectivity index (χ0v) is 9.42. The quantitative estimate of drug-likeness (QED) is 0.765. The summed E-state index contributed by atoms with van der Waals surface area (Å²) < 4.78 is 4.87. The average Bonchev–Trinajstić information content (AvgIpc) is 2.28. The van der Waals surface area contributed by atoms with Crippen molar-refractivity contribution >= 4 is 23.4 Å². The Hall–Kier alpha value is -1.00.